The SMILES string of the molecule is NNC(Cc1cc(F)cc(F)c1)c1cc2c(s1)CCCC2. The Labute approximate surface area is 127 Å². The van der Waals surface area contributed by atoms with Gasteiger partial charge in [0.1, 0.15) is 11.6 Å². The fraction of sp³-hybridized carbons (Fsp3) is 0.375. The van der Waals surface area contributed by atoms with E-state index in [1.807, 2.05) is 0 Å². The number of benzene rings is 1. The lowest BCUT2D eigenvalue weighted by molar-refractivity contribution is 0.546. The summed E-state index contributed by atoms with van der Waals surface area (Å²) in [5.74, 6) is 4.56. The molecule has 1 aromatic carbocycles. The van der Waals surface area contributed by atoms with Gasteiger partial charge in [-0.1, -0.05) is 0 Å². The summed E-state index contributed by atoms with van der Waals surface area (Å²) < 4.78 is 26.6. The number of thiophene rings is 1. The molecule has 21 heavy (non-hydrogen) atoms. The largest absolute Gasteiger partial charge is 0.271 e. The van der Waals surface area contributed by atoms with Crippen LogP contribution in [0.15, 0.2) is 24.3 Å². The van der Waals surface area contributed by atoms with Crippen molar-refractivity contribution in [2.75, 3.05) is 0 Å². The monoisotopic (exact) mass is 308 g/mol. The Morgan fingerprint density at radius 3 is 2.48 bits per heavy atom. The zero-order valence-electron chi connectivity index (χ0n) is 11.7. The van der Waals surface area contributed by atoms with E-state index in [4.69, 9.17) is 5.84 Å². The maximum absolute atomic E-state index is 13.3. The van der Waals surface area contributed by atoms with Crippen molar-refractivity contribution < 1.29 is 8.78 Å². The van der Waals surface area contributed by atoms with Gasteiger partial charge in [-0.2, -0.15) is 0 Å². The molecule has 1 atom stereocenters. The molecule has 2 nitrogen and oxygen atoms in total. The number of hydrogen-bond donors (Lipinski definition) is 2. The van der Waals surface area contributed by atoms with Crippen LogP contribution in [-0.2, 0) is 19.3 Å². The highest BCUT2D eigenvalue weighted by molar-refractivity contribution is 7.12. The Bertz CT molecular complexity index is 595. The quantitative estimate of drug-likeness (QED) is 0.668. The van der Waals surface area contributed by atoms with Crippen molar-refractivity contribution in [1.29, 1.82) is 0 Å². The number of halogens is 2. The van der Waals surface area contributed by atoms with Crippen LogP contribution in [0.4, 0.5) is 8.78 Å². The number of hydrogen-bond acceptors (Lipinski definition) is 3. The van der Waals surface area contributed by atoms with Gasteiger partial charge < -0.3 is 0 Å². The minimum Gasteiger partial charge on any atom is -0.271 e. The van der Waals surface area contributed by atoms with E-state index in [1.54, 1.807) is 11.3 Å². The third-order valence-corrected chi connectivity index (χ3v) is 5.27. The Morgan fingerprint density at radius 2 is 1.81 bits per heavy atom. The zero-order valence-corrected chi connectivity index (χ0v) is 12.5. The minimum absolute atomic E-state index is 0.109. The molecular weight excluding hydrogens is 290 g/mol. The number of rotatable bonds is 4. The molecule has 1 aliphatic carbocycles. The molecular formula is C16H18F2N2S. The summed E-state index contributed by atoms with van der Waals surface area (Å²) >= 11 is 1.77. The van der Waals surface area contributed by atoms with Crippen molar-refractivity contribution in [2.24, 2.45) is 5.84 Å². The summed E-state index contributed by atoms with van der Waals surface area (Å²) in [6.45, 7) is 0. The van der Waals surface area contributed by atoms with E-state index >= 15 is 0 Å². The molecule has 0 amide bonds. The third kappa shape index (κ3) is 3.31. The second-order valence-electron chi connectivity index (χ2n) is 5.51. The molecule has 0 spiro atoms. The summed E-state index contributed by atoms with van der Waals surface area (Å²) in [5.41, 5.74) is 4.80. The van der Waals surface area contributed by atoms with Crippen LogP contribution in [0.3, 0.4) is 0 Å². The van der Waals surface area contributed by atoms with E-state index in [0.717, 1.165) is 23.8 Å². The van der Waals surface area contributed by atoms with Crippen LogP contribution in [0, 0.1) is 11.6 Å². The predicted molar refractivity (Wildman–Crippen MR) is 81.1 cm³/mol. The highest BCUT2D eigenvalue weighted by Gasteiger charge is 2.19. The average molecular weight is 308 g/mol. The minimum atomic E-state index is -0.550. The number of hydrazine groups is 1. The molecule has 1 heterocycles. The fourth-order valence-electron chi connectivity index (χ4n) is 2.89. The molecule has 0 bridgehead atoms. The Kier molecular flexibility index (Phi) is 4.33. The molecule has 0 saturated heterocycles. The average Bonchev–Trinajstić information content (AvgIpc) is 2.87. The van der Waals surface area contributed by atoms with E-state index in [2.05, 4.69) is 11.5 Å². The van der Waals surface area contributed by atoms with Crippen LogP contribution in [0.25, 0.3) is 0 Å². The van der Waals surface area contributed by atoms with Gasteiger partial charge in [-0.3, -0.25) is 11.3 Å². The van der Waals surface area contributed by atoms with Crippen molar-refractivity contribution in [1.82, 2.24) is 5.43 Å². The van der Waals surface area contributed by atoms with Crippen molar-refractivity contribution in [3.8, 4) is 0 Å². The van der Waals surface area contributed by atoms with Gasteiger partial charge in [0.15, 0.2) is 0 Å². The van der Waals surface area contributed by atoms with Crippen LogP contribution in [-0.4, -0.2) is 0 Å². The molecule has 3 rings (SSSR count). The molecule has 0 fully saturated rings. The molecule has 3 N–H and O–H groups in total. The first-order valence-electron chi connectivity index (χ1n) is 7.18. The maximum Gasteiger partial charge on any atom is 0.126 e. The molecule has 2 aromatic rings. The van der Waals surface area contributed by atoms with Crippen LogP contribution < -0.4 is 11.3 Å². The lowest BCUT2D eigenvalue weighted by atomic mass is 9.98. The van der Waals surface area contributed by atoms with E-state index in [9.17, 15) is 8.78 Å². The van der Waals surface area contributed by atoms with Crippen molar-refractivity contribution in [3.63, 3.8) is 0 Å². The smallest absolute Gasteiger partial charge is 0.126 e. The van der Waals surface area contributed by atoms with Gasteiger partial charge in [-0.15, -0.1) is 11.3 Å². The van der Waals surface area contributed by atoms with E-state index in [-0.39, 0.29) is 6.04 Å². The summed E-state index contributed by atoms with van der Waals surface area (Å²) in [5, 5.41) is 0. The van der Waals surface area contributed by atoms with E-state index in [0.29, 0.717) is 12.0 Å². The third-order valence-electron chi connectivity index (χ3n) is 3.92. The second-order valence-corrected chi connectivity index (χ2v) is 6.67. The maximum atomic E-state index is 13.3. The topological polar surface area (TPSA) is 38.0 Å². The molecule has 0 saturated carbocycles. The first-order chi connectivity index (χ1) is 10.2. The van der Waals surface area contributed by atoms with Gasteiger partial charge in [-0.25, -0.2) is 8.78 Å². The number of nitrogens with one attached hydrogen (secondary N) is 1. The summed E-state index contributed by atoms with van der Waals surface area (Å²) in [6.07, 6.45) is 5.20. The molecule has 1 aliphatic rings. The van der Waals surface area contributed by atoms with E-state index in [1.165, 1.54) is 35.4 Å². The highest BCUT2D eigenvalue weighted by atomic mass is 32.1. The van der Waals surface area contributed by atoms with Gasteiger partial charge in [0, 0.05) is 15.8 Å². The second kappa shape index (κ2) is 6.22. The summed E-state index contributed by atoms with van der Waals surface area (Å²) in [4.78, 5) is 2.58. The first kappa shape index (κ1) is 14.6. The van der Waals surface area contributed by atoms with Crippen molar-refractivity contribution in [3.05, 3.63) is 56.8 Å². The van der Waals surface area contributed by atoms with Crippen molar-refractivity contribution >= 4 is 11.3 Å². The molecule has 0 radical (unpaired) electrons. The predicted octanol–water partition coefficient (Wildman–Crippen LogP) is 3.65. The first-order valence-corrected chi connectivity index (χ1v) is 8.00. The number of nitrogens with two attached hydrogens (primary N) is 1. The molecule has 1 aromatic heterocycles. The Hall–Kier alpha value is -1.30. The zero-order chi connectivity index (χ0) is 14.8. The lowest BCUT2D eigenvalue weighted by Gasteiger charge is -2.14. The van der Waals surface area contributed by atoms with Gasteiger partial charge in [0.25, 0.3) is 0 Å². The lowest BCUT2D eigenvalue weighted by Crippen LogP contribution is -2.29. The number of fused-ring (bicyclic) bond motifs is 1. The van der Waals surface area contributed by atoms with Gasteiger partial charge >= 0.3 is 0 Å². The van der Waals surface area contributed by atoms with Crippen LogP contribution in [0.5, 0.6) is 0 Å². The highest BCUT2D eigenvalue weighted by Crippen LogP contribution is 2.33. The molecule has 1 unspecified atom stereocenters. The Morgan fingerprint density at radius 1 is 1.10 bits per heavy atom. The summed E-state index contributed by atoms with van der Waals surface area (Å²) in [6, 6.07) is 5.70. The number of aryl methyl sites for hydroxylation is 2. The van der Waals surface area contributed by atoms with Gasteiger partial charge in [-0.05, 0) is 61.4 Å². The Balaban J connectivity index is 1.82. The van der Waals surface area contributed by atoms with Crippen LogP contribution in [0.2, 0.25) is 0 Å². The van der Waals surface area contributed by atoms with Gasteiger partial charge in [0.2, 0.25) is 0 Å². The summed E-state index contributed by atoms with van der Waals surface area (Å²) in [7, 11) is 0. The van der Waals surface area contributed by atoms with Crippen molar-refractivity contribution in [2.45, 2.75) is 38.1 Å². The normalized spacial score (nSPS) is 15.8. The molecule has 5 heteroatoms. The molecule has 112 valence electrons. The van der Waals surface area contributed by atoms with Crippen LogP contribution >= 0.6 is 11.3 Å². The standard InChI is InChI=1S/C16H18F2N2S/c17-12-5-10(6-13(18)9-12)7-14(20-19)16-8-11-3-1-2-4-15(11)21-16/h5-6,8-9,14,20H,1-4,7,19H2. The fourth-order valence-corrected chi connectivity index (χ4v) is 4.21. The molecule has 0 aliphatic heterocycles. The van der Waals surface area contributed by atoms with E-state index < -0.39 is 11.6 Å². The van der Waals surface area contributed by atoms with Crippen LogP contribution in [0.1, 0.15) is 39.8 Å². The van der Waals surface area contributed by atoms with Gasteiger partial charge in [0.05, 0.1) is 6.04 Å².